The molecule has 27 heavy (non-hydrogen) atoms. The molecule has 1 aromatic rings. The summed E-state index contributed by atoms with van der Waals surface area (Å²) in [4.78, 5) is 7.12. The minimum Gasteiger partial charge on any atom is -0.491 e. The lowest BCUT2D eigenvalue weighted by atomic mass is 10.2. The van der Waals surface area contributed by atoms with Gasteiger partial charge in [0.25, 0.3) is 0 Å². The molecule has 7 nitrogen and oxygen atoms in total. The van der Waals surface area contributed by atoms with Gasteiger partial charge in [-0.05, 0) is 37.6 Å². The van der Waals surface area contributed by atoms with Crippen molar-refractivity contribution >= 4 is 5.96 Å². The van der Waals surface area contributed by atoms with Crippen LogP contribution in [0.4, 0.5) is 0 Å². The first kappa shape index (κ1) is 21.5. The first-order chi connectivity index (χ1) is 13.3. The van der Waals surface area contributed by atoms with Crippen molar-refractivity contribution in [3.63, 3.8) is 0 Å². The number of hydrogen-bond donors (Lipinski definition) is 2. The number of benzene rings is 1. The standard InChI is InChI=1S/C20H34N4O3/c1-3-21-20(22-9-4-10-24-11-13-26-14-12-24)23-17-18-5-7-19(8-6-18)27-16-15-25-2/h5-8H,3-4,9-17H2,1-2H3,(H2,21,22,23). The van der Waals surface area contributed by atoms with Crippen molar-refractivity contribution in [2.24, 2.45) is 4.99 Å². The van der Waals surface area contributed by atoms with Gasteiger partial charge >= 0.3 is 0 Å². The molecule has 1 fully saturated rings. The number of rotatable bonds is 11. The Morgan fingerprint density at radius 3 is 2.63 bits per heavy atom. The van der Waals surface area contributed by atoms with Crippen LogP contribution >= 0.6 is 0 Å². The highest BCUT2D eigenvalue weighted by Gasteiger charge is 2.09. The number of morpholine rings is 1. The molecule has 1 aliphatic heterocycles. The van der Waals surface area contributed by atoms with Crippen LogP contribution in [0, 0.1) is 0 Å². The molecule has 0 spiro atoms. The second-order valence-corrected chi connectivity index (χ2v) is 6.41. The number of nitrogens with zero attached hydrogens (tertiary/aromatic N) is 2. The van der Waals surface area contributed by atoms with E-state index >= 15 is 0 Å². The van der Waals surface area contributed by atoms with E-state index in [4.69, 9.17) is 14.2 Å². The molecule has 7 heteroatoms. The molecule has 0 bridgehead atoms. The van der Waals surface area contributed by atoms with Crippen LogP contribution in [-0.4, -0.2) is 77.1 Å². The molecule has 0 atom stereocenters. The van der Waals surface area contributed by atoms with E-state index in [2.05, 4.69) is 27.4 Å². The zero-order chi connectivity index (χ0) is 19.2. The lowest BCUT2D eigenvalue weighted by molar-refractivity contribution is 0.0376. The van der Waals surface area contributed by atoms with Crippen molar-refractivity contribution in [1.82, 2.24) is 15.5 Å². The average Bonchev–Trinajstić information content (AvgIpc) is 2.71. The molecule has 152 valence electrons. The molecule has 0 unspecified atom stereocenters. The normalized spacial score (nSPS) is 15.6. The molecular formula is C20H34N4O3. The van der Waals surface area contributed by atoms with Crippen LogP contribution in [0.2, 0.25) is 0 Å². The maximum atomic E-state index is 5.58. The van der Waals surface area contributed by atoms with Crippen molar-refractivity contribution in [3.05, 3.63) is 29.8 Å². The third-order valence-electron chi connectivity index (χ3n) is 4.29. The quantitative estimate of drug-likeness (QED) is 0.345. The van der Waals surface area contributed by atoms with Gasteiger partial charge in [-0.15, -0.1) is 0 Å². The minimum atomic E-state index is 0.562. The van der Waals surface area contributed by atoms with Crippen molar-refractivity contribution in [3.8, 4) is 5.75 Å². The van der Waals surface area contributed by atoms with Gasteiger partial charge in [0.1, 0.15) is 12.4 Å². The minimum absolute atomic E-state index is 0.562. The highest BCUT2D eigenvalue weighted by Crippen LogP contribution is 2.12. The van der Waals surface area contributed by atoms with Crippen LogP contribution in [0.3, 0.4) is 0 Å². The average molecular weight is 379 g/mol. The fourth-order valence-corrected chi connectivity index (χ4v) is 2.78. The summed E-state index contributed by atoms with van der Waals surface area (Å²) in [5.74, 6) is 1.72. The van der Waals surface area contributed by atoms with Gasteiger partial charge in [-0.25, -0.2) is 4.99 Å². The van der Waals surface area contributed by atoms with E-state index in [1.54, 1.807) is 7.11 Å². The molecule has 0 amide bonds. The van der Waals surface area contributed by atoms with Gasteiger partial charge in [0, 0.05) is 33.3 Å². The Morgan fingerprint density at radius 2 is 1.93 bits per heavy atom. The van der Waals surface area contributed by atoms with Crippen LogP contribution in [0.15, 0.2) is 29.3 Å². The summed E-state index contributed by atoms with van der Waals surface area (Å²) in [7, 11) is 1.67. The van der Waals surface area contributed by atoms with Gasteiger partial charge in [-0.3, -0.25) is 4.90 Å². The van der Waals surface area contributed by atoms with Crippen molar-refractivity contribution in [2.75, 3.05) is 66.3 Å². The molecule has 1 aliphatic rings. The molecule has 2 rings (SSSR count). The largest absolute Gasteiger partial charge is 0.491 e. The smallest absolute Gasteiger partial charge is 0.191 e. The Hall–Kier alpha value is -1.83. The first-order valence-electron chi connectivity index (χ1n) is 9.84. The summed E-state index contributed by atoms with van der Waals surface area (Å²) in [5.41, 5.74) is 1.15. The number of methoxy groups -OCH3 is 1. The van der Waals surface area contributed by atoms with Crippen LogP contribution in [0.1, 0.15) is 18.9 Å². The SMILES string of the molecule is CCNC(=NCc1ccc(OCCOC)cc1)NCCCN1CCOCC1. The molecule has 0 aromatic heterocycles. The highest BCUT2D eigenvalue weighted by molar-refractivity contribution is 5.79. The monoisotopic (exact) mass is 378 g/mol. The lowest BCUT2D eigenvalue weighted by Crippen LogP contribution is -2.40. The number of guanidine groups is 1. The molecule has 0 radical (unpaired) electrons. The molecule has 0 saturated carbocycles. The number of aliphatic imine (C=N–C) groups is 1. The predicted molar refractivity (Wildman–Crippen MR) is 109 cm³/mol. The summed E-state index contributed by atoms with van der Waals surface area (Å²) >= 11 is 0. The lowest BCUT2D eigenvalue weighted by Gasteiger charge is -2.26. The Labute approximate surface area is 163 Å². The van der Waals surface area contributed by atoms with E-state index in [-0.39, 0.29) is 0 Å². The Kier molecular flexibility index (Phi) is 10.6. The van der Waals surface area contributed by atoms with Crippen molar-refractivity contribution < 1.29 is 14.2 Å². The fourth-order valence-electron chi connectivity index (χ4n) is 2.78. The second kappa shape index (κ2) is 13.4. The van der Waals surface area contributed by atoms with Crippen molar-refractivity contribution in [1.29, 1.82) is 0 Å². The maximum Gasteiger partial charge on any atom is 0.191 e. The maximum absolute atomic E-state index is 5.58. The first-order valence-corrected chi connectivity index (χ1v) is 9.84. The van der Waals surface area contributed by atoms with Crippen LogP contribution < -0.4 is 15.4 Å². The van der Waals surface area contributed by atoms with Crippen LogP contribution in [-0.2, 0) is 16.0 Å². The second-order valence-electron chi connectivity index (χ2n) is 6.41. The molecule has 1 saturated heterocycles. The van der Waals surface area contributed by atoms with Gasteiger partial charge in [0.05, 0.1) is 26.4 Å². The van der Waals surface area contributed by atoms with Gasteiger partial charge in [-0.1, -0.05) is 12.1 Å². The summed E-state index contributed by atoms with van der Waals surface area (Å²) in [6.07, 6.45) is 1.10. The van der Waals surface area contributed by atoms with E-state index < -0.39 is 0 Å². The summed E-state index contributed by atoms with van der Waals surface area (Å²) in [6.45, 7) is 10.5. The van der Waals surface area contributed by atoms with Gasteiger partial charge < -0.3 is 24.8 Å². The predicted octanol–water partition coefficient (Wildman–Crippen LogP) is 1.49. The number of nitrogens with one attached hydrogen (secondary N) is 2. The van der Waals surface area contributed by atoms with E-state index in [1.165, 1.54) is 0 Å². The molecular weight excluding hydrogens is 344 g/mol. The fraction of sp³-hybridized carbons (Fsp3) is 0.650. The summed E-state index contributed by atoms with van der Waals surface area (Å²) in [6, 6.07) is 8.05. The third kappa shape index (κ3) is 9.08. The van der Waals surface area contributed by atoms with Gasteiger partial charge in [-0.2, -0.15) is 0 Å². The van der Waals surface area contributed by atoms with Crippen LogP contribution in [0.5, 0.6) is 5.75 Å². The van der Waals surface area contributed by atoms with Gasteiger partial charge in [0.15, 0.2) is 5.96 Å². The van der Waals surface area contributed by atoms with Crippen molar-refractivity contribution in [2.45, 2.75) is 19.9 Å². The van der Waals surface area contributed by atoms with E-state index in [0.717, 1.165) is 69.6 Å². The summed E-state index contributed by atoms with van der Waals surface area (Å²) in [5, 5.41) is 6.72. The van der Waals surface area contributed by atoms with E-state index in [1.807, 2.05) is 24.3 Å². The van der Waals surface area contributed by atoms with Gasteiger partial charge in [0.2, 0.25) is 0 Å². The van der Waals surface area contributed by atoms with E-state index in [0.29, 0.717) is 19.8 Å². The molecule has 2 N–H and O–H groups in total. The molecule has 0 aliphatic carbocycles. The number of hydrogen-bond acceptors (Lipinski definition) is 5. The highest BCUT2D eigenvalue weighted by atomic mass is 16.5. The summed E-state index contributed by atoms with van der Waals surface area (Å²) < 4.78 is 16.0. The Morgan fingerprint density at radius 1 is 1.15 bits per heavy atom. The zero-order valence-electron chi connectivity index (χ0n) is 16.7. The molecule has 1 heterocycles. The Balaban J connectivity index is 1.71. The van der Waals surface area contributed by atoms with Crippen LogP contribution in [0.25, 0.3) is 0 Å². The topological polar surface area (TPSA) is 67.4 Å². The molecule has 1 aromatic carbocycles. The van der Waals surface area contributed by atoms with E-state index in [9.17, 15) is 0 Å². The Bertz CT molecular complexity index is 531. The number of ether oxygens (including phenoxy) is 3. The third-order valence-corrected chi connectivity index (χ3v) is 4.29. The zero-order valence-corrected chi connectivity index (χ0v) is 16.7.